The summed E-state index contributed by atoms with van der Waals surface area (Å²) in [7, 11) is 0. The van der Waals surface area contributed by atoms with Crippen molar-refractivity contribution in [2.75, 3.05) is 13.1 Å². The Balaban J connectivity index is 1.72. The number of hydrogen-bond acceptors (Lipinski definition) is 4. The van der Waals surface area contributed by atoms with E-state index in [1.165, 1.54) is 19.3 Å². The first-order valence-corrected chi connectivity index (χ1v) is 6.07. The van der Waals surface area contributed by atoms with E-state index in [9.17, 15) is 0 Å². The number of aromatic nitrogens is 1. The normalized spacial score (nSPS) is 19.2. The minimum Gasteiger partial charge on any atom is -0.330 e. The molecule has 0 atom stereocenters. The number of thiazole rings is 1. The van der Waals surface area contributed by atoms with Gasteiger partial charge in [-0.25, -0.2) is 4.98 Å². The Labute approximate surface area is 88.7 Å². The van der Waals surface area contributed by atoms with Gasteiger partial charge in [-0.2, -0.15) is 0 Å². The average Bonchev–Trinajstić information content (AvgIpc) is 2.62. The lowest BCUT2D eigenvalue weighted by molar-refractivity contribution is 0.140. The molecule has 1 heterocycles. The van der Waals surface area contributed by atoms with Gasteiger partial charge in [0.2, 0.25) is 0 Å². The van der Waals surface area contributed by atoms with Gasteiger partial charge in [-0.1, -0.05) is 6.42 Å². The molecule has 0 unspecified atom stereocenters. The molecule has 1 saturated carbocycles. The molecule has 0 spiro atoms. The van der Waals surface area contributed by atoms with Gasteiger partial charge in [-0.05, 0) is 24.8 Å². The second-order valence-corrected chi connectivity index (χ2v) is 4.86. The number of nitrogens with zero attached hydrogens (tertiary/aromatic N) is 1. The molecular formula is C10H17N3S. The lowest BCUT2D eigenvalue weighted by Crippen LogP contribution is -2.45. The molecule has 3 nitrogen and oxygen atoms in total. The molecule has 0 amide bonds. The van der Waals surface area contributed by atoms with Gasteiger partial charge < -0.3 is 11.1 Å². The van der Waals surface area contributed by atoms with Crippen LogP contribution in [-0.2, 0) is 6.54 Å². The molecule has 4 heteroatoms. The van der Waals surface area contributed by atoms with E-state index in [1.54, 1.807) is 11.3 Å². The highest BCUT2D eigenvalue weighted by Gasteiger charge is 2.34. The predicted octanol–water partition coefficient (Wildman–Crippen LogP) is 1.36. The molecule has 3 N–H and O–H groups in total. The number of hydrogen-bond donors (Lipinski definition) is 2. The minimum absolute atomic E-state index is 0.399. The minimum atomic E-state index is 0.399. The van der Waals surface area contributed by atoms with Gasteiger partial charge in [-0.15, -0.1) is 11.3 Å². The van der Waals surface area contributed by atoms with Crippen LogP contribution in [0.25, 0.3) is 0 Å². The van der Waals surface area contributed by atoms with Crippen LogP contribution in [0.3, 0.4) is 0 Å². The first kappa shape index (κ1) is 10.1. The van der Waals surface area contributed by atoms with E-state index >= 15 is 0 Å². The van der Waals surface area contributed by atoms with E-state index in [2.05, 4.69) is 15.7 Å². The Bertz CT molecular complexity index is 261. The van der Waals surface area contributed by atoms with Gasteiger partial charge in [0, 0.05) is 18.5 Å². The van der Waals surface area contributed by atoms with Crippen LogP contribution in [-0.4, -0.2) is 18.1 Å². The van der Waals surface area contributed by atoms with E-state index in [1.807, 2.05) is 5.51 Å². The van der Waals surface area contributed by atoms with Crippen LogP contribution >= 0.6 is 11.3 Å². The molecule has 0 aromatic carbocycles. The van der Waals surface area contributed by atoms with E-state index < -0.39 is 0 Å². The molecule has 0 aliphatic heterocycles. The zero-order valence-corrected chi connectivity index (χ0v) is 9.15. The van der Waals surface area contributed by atoms with Crippen LogP contribution < -0.4 is 11.1 Å². The molecule has 1 aromatic heterocycles. The molecule has 14 heavy (non-hydrogen) atoms. The van der Waals surface area contributed by atoms with E-state index in [-0.39, 0.29) is 0 Å². The fourth-order valence-electron chi connectivity index (χ4n) is 1.91. The molecule has 1 aromatic rings. The van der Waals surface area contributed by atoms with Gasteiger partial charge in [0.15, 0.2) is 0 Å². The number of nitrogens with one attached hydrogen (secondary N) is 1. The summed E-state index contributed by atoms with van der Waals surface area (Å²) in [5.41, 5.74) is 9.19. The summed E-state index contributed by atoms with van der Waals surface area (Å²) >= 11 is 1.65. The summed E-state index contributed by atoms with van der Waals surface area (Å²) in [5.74, 6) is 0. The van der Waals surface area contributed by atoms with Crippen molar-refractivity contribution < 1.29 is 0 Å². The first-order chi connectivity index (χ1) is 6.85. The maximum absolute atomic E-state index is 5.77. The van der Waals surface area contributed by atoms with Crippen molar-refractivity contribution in [1.82, 2.24) is 10.3 Å². The van der Waals surface area contributed by atoms with Crippen LogP contribution in [0.5, 0.6) is 0 Å². The van der Waals surface area contributed by atoms with Gasteiger partial charge in [0.05, 0.1) is 11.2 Å². The fraction of sp³-hybridized carbons (Fsp3) is 0.700. The summed E-state index contributed by atoms with van der Waals surface area (Å²) in [6.07, 6.45) is 3.91. The highest BCUT2D eigenvalue weighted by atomic mass is 32.1. The van der Waals surface area contributed by atoms with Crippen LogP contribution in [0.4, 0.5) is 0 Å². The maximum atomic E-state index is 5.77. The Morgan fingerprint density at radius 2 is 2.43 bits per heavy atom. The standard InChI is InChI=1S/C10H17N3S/c11-6-10(2-1-3-10)7-12-4-9-5-14-8-13-9/h5,8,12H,1-4,6-7,11H2. The summed E-state index contributed by atoms with van der Waals surface area (Å²) in [4.78, 5) is 4.23. The lowest BCUT2D eigenvalue weighted by Gasteiger charge is -2.41. The largest absolute Gasteiger partial charge is 0.330 e. The van der Waals surface area contributed by atoms with Crippen LogP contribution in [0.15, 0.2) is 10.9 Å². The molecule has 0 radical (unpaired) electrons. The highest BCUT2D eigenvalue weighted by Crippen LogP contribution is 2.39. The summed E-state index contributed by atoms with van der Waals surface area (Å²) < 4.78 is 0. The third kappa shape index (κ3) is 2.13. The zero-order chi connectivity index (χ0) is 9.86. The third-order valence-corrected chi connectivity index (χ3v) is 3.77. The van der Waals surface area contributed by atoms with Crippen molar-refractivity contribution in [1.29, 1.82) is 0 Å². The molecule has 1 fully saturated rings. The van der Waals surface area contributed by atoms with Crippen molar-refractivity contribution in [2.24, 2.45) is 11.1 Å². The fourth-order valence-corrected chi connectivity index (χ4v) is 2.47. The SMILES string of the molecule is NCC1(CNCc2cscn2)CCC1. The molecular weight excluding hydrogens is 194 g/mol. The summed E-state index contributed by atoms with van der Waals surface area (Å²) in [6.45, 7) is 2.74. The molecule has 78 valence electrons. The lowest BCUT2D eigenvalue weighted by atomic mass is 9.69. The third-order valence-electron chi connectivity index (χ3n) is 3.14. The molecule has 1 aliphatic carbocycles. The van der Waals surface area contributed by atoms with E-state index in [0.717, 1.165) is 25.3 Å². The van der Waals surface area contributed by atoms with Crippen molar-refractivity contribution in [3.05, 3.63) is 16.6 Å². The highest BCUT2D eigenvalue weighted by molar-refractivity contribution is 7.07. The maximum Gasteiger partial charge on any atom is 0.0795 e. The molecule has 0 saturated heterocycles. The van der Waals surface area contributed by atoms with Crippen LogP contribution in [0, 0.1) is 5.41 Å². The monoisotopic (exact) mass is 211 g/mol. The predicted molar refractivity (Wildman–Crippen MR) is 59.2 cm³/mol. The second-order valence-electron chi connectivity index (χ2n) is 4.14. The van der Waals surface area contributed by atoms with Crippen molar-refractivity contribution in [2.45, 2.75) is 25.8 Å². The van der Waals surface area contributed by atoms with E-state index in [4.69, 9.17) is 5.73 Å². The Morgan fingerprint density at radius 1 is 1.57 bits per heavy atom. The van der Waals surface area contributed by atoms with Gasteiger partial charge >= 0.3 is 0 Å². The van der Waals surface area contributed by atoms with Gasteiger partial charge in [-0.3, -0.25) is 0 Å². The van der Waals surface area contributed by atoms with Gasteiger partial charge in [0.1, 0.15) is 0 Å². The van der Waals surface area contributed by atoms with Crippen LogP contribution in [0.1, 0.15) is 25.0 Å². The van der Waals surface area contributed by atoms with Gasteiger partial charge in [0.25, 0.3) is 0 Å². The Kier molecular flexibility index (Phi) is 3.15. The Morgan fingerprint density at radius 3 is 2.93 bits per heavy atom. The first-order valence-electron chi connectivity index (χ1n) is 5.13. The number of rotatable bonds is 5. The second kappa shape index (κ2) is 4.38. The van der Waals surface area contributed by atoms with Crippen molar-refractivity contribution in [3.63, 3.8) is 0 Å². The zero-order valence-electron chi connectivity index (χ0n) is 8.33. The number of nitrogens with two attached hydrogens (primary N) is 1. The van der Waals surface area contributed by atoms with Crippen molar-refractivity contribution >= 4 is 11.3 Å². The van der Waals surface area contributed by atoms with E-state index in [0.29, 0.717) is 5.41 Å². The smallest absolute Gasteiger partial charge is 0.0795 e. The van der Waals surface area contributed by atoms with Crippen LogP contribution in [0.2, 0.25) is 0 Å². The van der Waals surface area contributed by atoms with Crippen molar-refractivity contribution in [3.8, 4) is 0 Å². The Hall–Kier alpha value is -0.450. The molecule has 2 rings (SSSR count). The quantitative estimate of drug-likeness (QED) is 0.773. The average molecular weight is 211 g/mol. The summed E-state index contributed by atoms with van der Waals surface area (Å²) in [5, 5.41) is 5.53. The molecule has 1 aliphatic rings. The topological polar surface area (TPSA) is 50.9 Å². The summed E-state index contributed by atoms with van der Waals surface area (Å²) in [6, 6.07) is 0. The molecule has 0 bridgehead atoms.